The molecule has 0 unspecified atom stereocenters. The summed E-state index contributed by atoms with van der Waals surface area (Å²) in [6.45, 7) is 6.66. The van der Waals surface area contributed by atoms with Crippen LogP contribution in [0.25, 0.3) is 0 Å². The van der Waals surface area contributed by atoms with E-state index in [1.165, 1.54) is 0 Å². The quantitative estimate of drug-likeness (QED) is 0.795. The van der Waals surface area contributed by atoms with Crippen LogP contribution >= 0.6 is 15.9 Å². The molecule has 0 saturated heterocycles. The van der Waals surface area contributed by atoms with Gasteiger partial charge < -0.3 is 4.90 Å². The van der Waals surface area contributed by atoms with Gasteiger partial charge in [0.25, 0.3) is 5.91 Å². The number of carbonyl (C=O) groups excluding carboxylic acids is 1. The fourth-order valence-electron chi connectivity index (χ4n) is 2.22. The van der Waals surface area contributed by atoms with Crippen LogP contribution in [0.2, 0.25) is 0 Å². The first-order valence-electron chi connectivity index (χ1n) is 6.68. The summed E-state index contributed by atoms with van der Waals surface area (Å²) in [6, 6.07) is 13.7. The Morgan fingerprint density at radius 3 is 2.40 bits per heavy atom. The third-order valence-electron chi connectivity index (χ3n) is 3.37. The molecule has 0 fully saturated rings. The number of hydrogen-bond donors (Lipinski definition) is 0. The van der Waals surface area contributed by atoms with Crippen LogP contribution in [0.3, 0.4) is 0 Å². The van der Waals surface area contributed by atoms with Crippen LogP contribution < -0.4 is 4.90 Å². The molecule has 0 bridgehead atoms. The Morgan fingerprint density at radius 1 is 1.10 bits per heavy atom. The number of amides is 1. The van der Waals surface area contributed by atoms with Crippen LogP contribution in [-0.4, -0.2) is 12.5 Å². The van der Waals surface area contributed by atoms with Crippen LogP contribution in [0.15, 0.2) is 46.9 Å². The van der Waals surface area contributed by atoms with Gasteiger partial charge in [-0.1, -0.05) is 34.1 Å². The zero-order chi connectivity index (χ0) is 14.7. The van der Waals surface area contributed by atoms with E-state index < -0.39 is 0 Å². The highest BCUT2D eigenvalue weighted by Gasteiger charge is 2.17. The van der Waals surface area contributed by atoms with Crippen molar-refractivity contribution >= 4 is 27.5 Å². The minimum absolute atomic E-state index is 0.0393. The van der Waals surface area contributed by atoms with Gasteiger partial charge in [0, 0.05) is 22.3 Å². The molecular formula is C17H18BrNO. The molecule has 0 aliphatic heterocycles. The van der Waals surface area contributed by atoms with Gasteiger partial charge in [0.15, 0.2) is 0 Å². The van der Waals surface area contributed by atoms with Gasteiger partial charge in [0.1, 0.15) is 0 Å². The molecule has 0 aliphatic rings. The molecule has 2 nitrogen and oxygen atoms in total. The van der Waals surface area contributed by atoms with Crippen molar-refractivity contribution in [3.05, 3.63) is 63.6 Å². The number of rotatable bonds is 3. The summed E-state index contributed by atoms with van der Waals surface area (Å²) in [4.78, 5) is 14.5. The minimum atomic E-state index is 0.0393. The molecule has 0 atom stereocenters. The van der Waals surface area contributed by atoms with Gasteiger partial charge in [-0.05, 0) is 56.2 Å². The summed E-state index contributed by atoms with van der Waals surface area (Å²) in [5.74, 6) is 0.0393. The van der Waals surface area contributed by atoms with E-state index >= 15 is 0 Å². The lowest BCUT2D eigenvalue weighted by Gasteiger charge is -2.23. The summed E-state index contributed by atoms with van der Waals surface area (Å²) in [5, 5.41) is 0. The SMILES string of the molecule is CCN(C(=O)c1ccc(Br)c(C)c1)c1ccccc1C. The van der Waals surface area contributed by atoms with E-state index in [2.05, 4.69) is 15.9 Å². The van der Waals surface area contributed by atoms with E-state index in [0.29, 0.717) is 6.54 Å². The third kappa shape index (κ3) is 2.93. The first-order valence-corrected chi connectivity index (χ1v) is 7.47. The molecule has 2 aromatic rings. The van der Waals surface area contributed by atoms with E-state index in [9.17, 15) is 4.79 Å². The summed E-state index contributed by atoms with van der Waals surface area (Å²) >= 11 is 3.46. The van der Waals surface area contributed by atoms with Crippen molar-refractivity contribution in [2.75, 3.05) is 11.4 Å². The van der Waals surface area contributed by atoms with Gasteiger partial charge >= 0.3 is 0 Å². The number of carbonyl (C=O) groups is 1. The molecule has 3 heteroatoms. The molecule has 0 radical (unpaired) electrons. The van der Waals surface area contributed by atoms with Crippen LogP contribution in [-0.2, 0) is 0 Å². The van der Waals surface area contributed by atoms with Gasteiger partial charge in [-0.3, -0.25) is 4.79 Å². The lowest BCUT2D eigenvalue weighted by Crippen LogP contribution is -2.31. The number of anilines is 1. The summed E-state index contributed by atoms with van der Waals surface area (Å²) in [6.07, 6.45) is 0. The predicted molar refractivity (Wildman–Crippen MR) is 87.4 cm³/mol. The second-order valence-corrected chi connectivity index (χ2v) is 5.65. The third-order valence-corrected chi connectivity index (χ3v) is 4.26. The molecule has 104 valence electrons. The van der Waals surface area contributed by atoms with Crippen LogP contribution in [0.5, 0.6) is 0 Å². The zero-order valence-electron chi connectivity index (χ0n) is 12.0. The largest absolute Gasteiger partial charge is 0.308 e. The maximum atomic E-state index is 12.7. The second-order valence-electron chi connectivity index (χ2n) is 4.80. The minimum Gasteiger partial charge on any atom is -0.308 e. The summed E-state index contributed by atoms with van der Waals surface area (Å²) in [7, 11) is 0. The Kier molecular flexibility index (Phi) is 4.61. The topological polar surface area (TPSA) is 20.3 Å². The van der Waals surface area contributed by atoms with Crippen molar-refractivity contribution in [1.29, 1.82) is 0 Å². The second kappa shape index (κ2) is 6.23. The Morgan fingerprint density at radius 2 is 1.80 bits per heavy atom. The van der Waals surface area contributed by atoms with Gasteiger partial charge in [-0.2, -0.15) is 0 Å². The highest BCUT2D eigenvalue weighted by molar-refractivity contribution is 9.10. The van der Waals surface area contributed by atoms with Crippen LogP contribution in [0.4, 0.5) is 5.69 Å². The van der Waals surface area contributed by atoms with E-state index in [4.69, 9.17) is 0 Å². The van der Waals surface area contributed by atoms with E-state index in [0.717, 1.165) is 26.9 Å². The molecule has 1 amide bonds. The molecule has 0 spiro atoms. The Hall–Kier alpha value is -1.61. The predicted octanol–water partition coefficient (Wildman–Crippen LogP) is 4.73. The Labute approximate surface area is 128 Å². The normalized spacial score (nSPS) is 10.4. The molecule has 0 heterocycles. The van der Waals surface area contributed by atoms with E-state index in [1.807, 2.05) is 68.1 Å². The lowest BCUT2D eigenvalue weighted by atomic mass is 10.1. The van der Waals surface area contributed by atoms with Crippen LogP contribution in [0, 0.1) is 13.8 Å². The fraction of sp³-hybridized carbons (Fsp3) is 0.235. The molecule has 0 saturated carbocycles. The maximum absolute atomic E-state index is 12.7. The molecule has 0 aromatic heterocycles. The number of nitrogens with zero attached hydrogens (tertiary/aromatic N) is 1. The molecule has 20 heavy (non-hydrogen) atoms. The van der Waals surface area contributed by atoms with Crippen molar-refractivity contribution in [2.45, 2.75) is 20.8 Å². The zero-order valence-corrected chi connectivity index (χ0v) is 13.6. The van der Waals surface area contributed by atoms with E-state index in [-0.39, 0.29) is 5.91 Å². The monoisotopic (exact) mass is 331 g/mol. The van der Waals surface area contributed by atoms with Crippen molar-refractivity contribution in [1.82, 2.24) is 0 Å². The van der Waals surface area contributed by atoms with Gasteiger partial charge in [-0.15, -0.1) is 0 Å². The van der Waals surface area contributed by atoms with Crippen molar-refractivity contribution in [3.63, 3.8) is 0 Å². The highest BCUT2D eigenvalue weighted by Crippen LogP contribution is 2.23. The lowest BCUT2D eigenvalue weighted by molar-refractivity contribution is 0.0988. The van der Waals surface area contributed by atoms with Gasteiger partial charge in [-0.25, -0.2) is 0 Å². The Balaban J connectivity index is 2.39. The molecular weight excluding hydrogens is 314 g/mol. The Bertz CT molecular complexity index is 637. The number of hydrogen-bond acceptors (Lipinski definition) is 1. The number of para-hydroxylation sites is 1. The average molecular weight is 332 g/mol. The fourth-order valence-corrected chi connectivity index (χ4v) is 2.47. The van der Waals surface area contributed by atoms with Crippen molar-refractivity contribution < 1.29 is 4.79 Å². The first kappa shape index (κ1) is 14.8. The first-order chi connectivity index (χ1) is 9.54. The van der Waals surface area contributed by atoms with Crippen molar-refractivity contribution in [3.8, 4) is 0 Å². The van der Waals surface area contributed by atoms with Gasteiger partial charge in [0.05, 0.1) is 0 Å². The highest BCUT2D eigenvalue weighted by atomic mass is 79.9. The van der Waals surface area contributed by atoms with Crippen molar-refractivity contribution in [2.24, 2.45) is 0 Å². The van der Waals surface area contributed by atoms with Crippen LogP contribution in [0.1, 0.15) is 28.4 Å². The summed E-state index contributed by atoms with van der Waals surface area (Å²) < 4.78 is 1.02. The number of halogens is 1. The molecule has 2 aromatic carbocycles. The number of benzene rings is 2. The maximum Gasteiger partial charge on any atom is 0.258 e. The molecule has 0 N–H and O–H groups in total. The molecule has 0 aliphatic carbocycles. The van der Waals surface area contributed by atoms with Gasteiger partial charge in [0.2, 0.25) is 0 Å². The van der Waals surface area contributed by atoms with E-state index in [1.54, 1.807) is 0 Å². The average Bonchev–Trinajstić information content (AvgIpc) is 2.44. The smallest absolute Gasteiger partial charge is 0.258 e. The number of aryl methyl sites for hydroxylation is 2. The molecule has 2 rings (SSSR count). The summed E-state index contributed by atoms with van der Waals surface area (Å²) in [5.41, 5.74) is 3.87. The standard InChI is InChI=1S/C17H18BrNO/c1-4-19(16-8-6-5-7-12(16)2)17(20)14-9-10-15(18)13(3)11-14/h5-11H,4H2,1-3H3.